The normalized spacial score (nSPS) is 11.6. The highest BCUT2D eigenvalue weighted by Gasteiger charge is 2.54. The number of halogens is 5. The van der Waals surface area contributed by atoms with Crippen molar-refractivity contribution >= 4 is 81.2 Å². The number of benzene rings is 5. The molecule has 0 N–H and O–H groups in total. The van der Waals surface area contributed by atoms with Gasteiger partial charge < -0.3 is 0 Å². The summed E-state index contributed by atoms with van der Waals surface area (Å²) in [4.78, 5) is 0. The predicted molar refractivity (Wildman–Crippen MR) is 165 cm³/mol. The van der Waals surface area contributed by atoms with Gasteiger partial charge in [0.05, 0.1) is 0 Å². The number of hydrogen-bond donors (Lipinski definition) is 0. The van der Waals surface area contributed by atoms with Crippen LogP contribution in [0.1, 0.15) is 16.8 Å². The Hall–Kier alpha value is -2.02. The fourth-order valence-corrected chi connectivity index (χ4v) is 10.4. The van der Waals surface area contributed by atoms with Gasteiger partial charge in [0.2, 0.25) is 0 Å². The molecule has 0 saturated heterocycles. The van der Waals surface area contributed by atoms with Gasteiger partial charge in [-0.25, -0.2) is 0 Å². The van der Waals surface area contributed by atoms with E-state index in [0.29, 0.717) is 25.1 Å². The lowest BCUT2D eigenvalue weighted by Gasteiger charge is -2.35. The first-order valence-electron chi connectivity index (χ1n) is 11.6. The summed E-state index contributed by atoms with van der Waals surface area (Å²) >= 11 is 31.9. The van der Waals surface area contributed by atoms with E-state index in [1.807, 2.05) is 60.7 Å². The third-order valence-electron chi connectivity index (χ3n) is 6.46. The van der Waals surface area contributed by atoms with Crippen LogP contribution in [0.2, 0.25) is 25.1 Å². The van der Waals surface area contributed by atoms with Gasteiger partial charge in [0.1, 0.15) is 28.8 Å². The van der Waals surface area contributed by atoms with Crippen LogP contribution in [-0.4, -0.2) is 0 Å². The predicted octanol–water partition coefficient (Wildman–Crippen LogP) is 10.0. The highest BCUT2D eigenvalue weighted by atomic mass is 35.5. The Balaban J connectivity index is 1.95. The fraction of sp³-hybridized carbons (Fsp3) is 0.0323. The first-order chi connectivity index (χ1) is 17.9. The van der Waals surface area contributed by atoms with Crippen LogP contribution in [0.3, 0.4) is 0 Å². The Labute approximate surface area is 243 Å². The zero-order chi connectivity index (χ0) is 26.0. The molecular formula is C31H21Cl5P+. The van der Waals surface area contributed by atoms with E-state index in [9.17, 15) is 0 Å². The molecule has 0 amide bonds. The Morgan fingerprint density at radius 3 is 0.784 bits per heavy atom. The van der Waals surface area contributed by atoms with Crippen LogP contribution < -0.4 is 15.9 Å². The van der Waals surface area contributed by atoms with Crippen LogP contribution >= 0.6 is 65.3 Å². The third-order valence-corrected chi connectivity index (χ3v) is 12.4. The van der Waals surface area contributed by atoms with Crippen molar-refractivity contribution in [1.29, 1.82) is 0 Å². The standard InChI is InChI=1S/C31H21Cl5P/c32-23-5-1-21(2-6-23)31(22-3-7-24(33)8-4-22)37(28-15-9-25(34)10-16-28,29-17-11-26(35)12-18-29)30-19-13-27(36)14-20-30/h1-20,31H/q+1. The molecule has 5 aromatic carbocycles. The molecule has 0 saturated carbocycles. The quantitative estimate of drug-likeness (QED) is 0.170. The molecule has 0 aliphatic carbocycles. The highest BCUT2D eigenvalue weighted by molar-refractivity contribution is 7.96. The SMILES string of the molecule is Clc1ccc(C(c2ccc(Cl)cc2)[P+](c2ccc(Cl)cc2)(c2ccc(Cl)cc2)c2ccc(Cl)cc2)cc1. The summed E-state index contributed by atoms with van der Waals surface area (Å²) in [5.74, 6) is 0. The molecule has 6 heteroatoms. The molecule has 0 aliphatic heterocycles. The maximum absolute atomic E-state index is 6.39. The molecule has 0 bridgehead atoms. The van der Waals surface area contributed by atoms with E-state index >= 15 is 0 Å². The van der Waals surface area contributed by atoms with Crippen LogP contribution in [-0.2, 0) is 0 Å². The average Bonchev–Trinajstić information content (AvgIpc) is 2.91. The molecule has 0 heterocycles. The van der Waals surface area contributed by atoms with E-state index in [4.69, 9.17) is 58.0 Å². The molecule has 184 valence electrons. The zero-order valence-electron chi connectivity index (χ0n) is 19.5. The lowest BCUT2D eigenvalue weighted by atomic mass is 10.0. The largest absolute Gasteiger partial charge is 0.134 e. The van der Waals surface area contributed by atoms with Gasteiger partial charge in [0.15, 0.2) is 0 Å². The van der Waals surface area contributed by atoms with Crippen molar-refractivity contribution in [3.8, 4) is 0 Å². The molecule has 0 fully saturated rings. The van der Waals surface area contributed by atoms with E-state index in [0.717, 1.165) is 11.1 Å². The van der Waals surface area contributed by atoms with Crippen molar-refractivity contribution in [2.24, 2.45) is 0 Å². The Morgan fingerprint density at radius 1 is 0.324 bits per heavy atom. The summed E-state index contributed by atoms with van der Waals surface area (Å²) in [6.07, 6.45) is 0. The monoisotopic (exact) mass is 599 g/mol. The van der Waals surface area contributed by atoms with Crippen molar-refractivity contribution in [3.63, 3.8) is 0 Å². The molecule has 0 nitrogen and oxygen atoms in total. The lowest BCUT2D eigenvalue weighted by Crippen LogP contribution is -2.35. The van der Waals surface area contributed by atoms with Crippen LogP contribution in [0, 0.1) is 0 Å². The van der Waals surface area contributed by atoms with Crippen LogP contribution in [0.15, 0.2) is 121 Å². The zero-order valence-corrected chi connectivity index (χ0v) is 24.1. The molecule has 0 aromatic heterocycles. The van der Waals surface area contributed by atoms with Gasteiger partial charge >= 0.3 is 0 Å². The minimum Gasteiger partial charge on any atom is -0.0843 e. The molecule has 0 atom stereocenters. The maximum Gasteiger partial charge on any atom is 0.134 e. The van der Waals surface area contributed by atoms with Gasteiger partial charge in [0, 0.05) is 25.1 Å². The molecule has 5 aromatic rings. The van der Waals surface area contributed by atoms with Gasteiger partial charge in [-0.05, 0) is 108 Å². The van der Waals surface area contributed by atoms with Gasteiger partial charge in [-0.2, -0.15) is 0 Å². The lowest BCUT2D eigenvalue weighted by molar-refractivity contribution is 1.13. The molecule has 5 rings (SSSR count). The molecule has 0 spiro atoms. The van der Waals surface area contributed by atoms with Crippen LogP contribution in [0.5, 0.6) is 0 Å². The summed E-state index contributed by atoms with van der Waals surface area (Å²) in [7, 11) is -2.46. The smallest absolute Gasteiger partial charge is 0.0843 e. The summed E-state index contributed by atoms with van der Waals surface area (Å²) in [6.45, 7) is 0. The number of hydrogen-bond acceptors (Lipinski definition) is 0. The average molecular weight is 602 g/mol. The van der Waals surface area contributed by atoms with Crippen molar-refractivity contribution in [1.82, 2.24) is 0 Å². The van der Waals surface area contributed by atoms with E-state index in [1.54, 1.807) is 0 Å². The third kappa shape index (κ3) is 5.43. The van der Waals surface area contributed by atoms with Crippen molar-refractivity contribution in [2.45, 2.75) is 5.66 Å². The van der Waals surface area contributed by atoms with Gasteiger partial charge in [0.25, 0.3) is 0 Å². The molecule has 0 aliphatic rings. The molecule has 0 radical (unpaired) electrons. The van der Waals surface area contributed by atoms with Gasteiger partial charge in [-0.3, -0.25) is 0 Å². The van der Waals surface area contributed by atoms with E-state index in [2.05, 4.69) is 60.7 Å². The summed E-state index contributed by atoms with van der Waals surface area (Å²) in [5.41, 5.74) is 2.21. The highest BCUT2D eigenvalue weighted by Crippen LogP contribution is 2.69. The topological polar surface area (TPSA) is 0 Å². The second-order valence-corrected chi connectivity index (χ2v) is 14.4. The Morgan fingerprint density at radius 2 is 0.541 bits per heavy atom. The van der Waals surface area contributed by atoms with Gasteiger partial charge in [-0.1, -0.05) is 82.3 Å². The first kappa shape index (κ1) is 26.6. The van der Waals surface area contributed by atoms with E-state index in [-0.39, 0.29) is 5.66 Å². The van der Waals surface area contributed by atoms with E-state index in [1.165, 1.54) is 15.9 Å². The fourth-order valence-electron chi connectivity index (χ4n) is 4.85. The second kappa shape index (κ2) is 11.4. The second-order valence-electron chi connectivity index (χ2n) is 8.66. The van der Waals surface area contributed by atoms with Crippen LogP contribution in [0.4, 0.5) is 0 Å². The Kier molecular flexibility index (Phi) is 8.18. The Bertz CT molecular complexity index is 1320. The van der Waals surface area contributed by atoms with E-state index < -0.39 is 7.26 Å². The minimum absolute atomic E-state index is 0.0643. The molecular weight excluding hydrogens is 581 g/mol. The summed E-state index contributed by atoms with van der Waals surface area (Å²) < 4.78 is 0. The summed E-state index contributed by atoms with van der Waals surface area (Å²) in [5, 5.41) is 6.96. The molecule has 0 unspecified atom stereocenters. The van der Waals surface area contributed by atoms with Crippen molar-refractivity contribution in [3.05, 3.63) is 158 Å². The van der Waals surface area contributed by atoms with Crippen LogP contribution in [0.25, 0.3) is 0 Å². The maximum atomic E-state index is 6.39. The number of rotatable bonds is 6. The molecule has 37 heavy (non-hydrogen) atoms. The first-order valence-corrected chi connectivity index (χ1v) is 15.3. The minimum atomic E-state index is -2.46. The van der Waals surface area contributed by atoms with Crippen molar-refractivity contribution in [2.75, 3.05) is 0 Å². The summed E-state index contributed by atoms with van der Waals surface area (Å²) in [6, 6.07) is 40.8. The van der Waals surface area contributed by atoms with Crippen molar-refractivity contribution < 1.29 is 0 Å². The van der Waals surface area contributed by atoms with Gasteiger partial charge in [-0.15, -0.1) is 0 Å².